The fourth-order valence-electron chi connectivity index (χ4n) is 2.56. The van der Waals surface area contributed by atoms with Gasteiger partial charge in [-0.15, -0.1) is 0 Å². The van der Waals surface area contributed by atoms with Crippen LogP contribution in [0, 0.1) is 0 Å². The zero-order chi connectivity index (χ0) is 13.9. The van der Waals surface area contributed by atoms with E-state index in [9.17, 15) is 0 Å². The van der Waals surface area contributed by atoms with Crippen LogP contribution in [0.3, 0.4) is 0 Å². The van der Waals surface area contributed by atoms with Crippen LogP contribution in [0.1, 0.15) is 5.56 Å². The summed E-state index contributed by atoms with van der Waals surface area (Å²) in [5, 5.41) is 0. The molecule has 1 unspecified atom stereocenters. The van der Waals surface area contributed by atoms with Crippen molar-refractivity contribution in [3.63, 3.8) is 0 Å². The summed E-state index contributed by atoms with van der Waals surface area (Å²) in [5.41, 5.74) is 6.75. The quantitative estimate of drug-likeness (QED) is 0.874. The normalized spacial score (nSPS) is 24.2. The Morgan fingerprint density at radius 3 is 2.74 bits per heavy atom. The first-order valence-corrected chi connectivity index (χ1v) is 6.39. The van der Waals surface area contributed by atoms with Crippen LogP contribution < -0.4 is 15.2 Å². The molecule has 0 aromatic heterocycles. The summed E-state index contributed by atoms with van der Waals surface area (Å²) in [4.78, 5) is 2.24. The van der Waals surface area contributed by atoms with Gasteiger partial charge in [0.25, 0.3) is 0 Å². The molecule has 1 aromatic carbocycles. The first kappa shape index (κ1) is 14.1. The van der Waals surface area contributed by atoms with E-state index < -0.39 is 0 Å². The Morgan fingerprint density at radius 1 is 1.37 bits per heavy atom. The van der Waals surface area contributed by atoms with E-state index in [1.807, 2.05) is 18.2 Å². The summed E-state index contributed by atoms with van der Waals surface area (Å²) in [6.07, 6.45) is 0. The number of nitrogens with zero attached hydrogens (tertiary/aromatic N) is 1. The number of likely N-dealkylation sites (N-methyl/N-ethyl adjacent to an activating group) is 1. The summed E-state index contributed by atoms with van der Waals surface area (Å²) in [5.74, 6) is 1.55. The average molecular weight is 266 g/mol. The number of methoxy groups -OCH3 is 2. The number of hydrogen-bond acceptors (Lipinski definition) is 5. The smallest absolute Gasteiger partial charge is 0.127 e. The molecule has 0 bridgehead atoms. The number of ether oxygens (including phenoxy) is 3. The lowest BCUT2D eigenvalue weighted by atomic mass is 9.87. The van der Waals surface area contributed by atoms with Crippen LogP contribution in [-0.4, -0.2) is 52.5 Å². The summed E-state index contributed by atoms with van der Waals surface area (Å²) >= 11 is 0. The Morgan fingerprint density at radius 2 is 2.16 bits per heavy atom. The standard InChI is InChI=1S/C14H22N2O3/c1-16-6-7-19-10-14(16,9-15)12-5-4-11(17-2)8-13(12)18-3/h4-5,8H,6-7,9-10,15H2,1-3H3. The third kappa shape index (κ3) is 2.41. The van der Waals surface area contributed by atoms with Crippen LogP contribution in [-0.2, 0) is 10.3 Å². The summed E-state index contributed by atoms with van der Waals surface area (Å²) in [6.45, 7) is 2.64. The SMILES string of the molecule is COc1ccc(C2(CN)COCCN2C)c(OC)c1. The molecule has 1 aromatic rings. The fraction of sp³-hybridized carbons (Fsp3) is 0.571. The number of hydrogen-bond donors (Lipinski definition) is 1. The van der Waals surface area contributed by atoms with Gasteiger partial charge in [0.1, 0.15) is 11.5 Å². The molecule has 1 atom stereocenters. The molecule has 0 radical (unpaired) electrons. The molecule has 1 fully saturated rings. The molecule has 5 heteroatoms. The van der Waals surface area contributed by atoms with Crippen molar-refractivity contribution in [2.45, 2.75) is 5.54 Å². The molecule has 1 heterocycles. The van der Waals surface area contributed by atoms with Crippen molar-refractivity contribution < 1.29 is 14.2 Å². The van der Waals surface area contributed by atoms with E-state index in [-0.39, 0.29) is 5.54 Å². The fourth-order valence-corrected chi connectivity index (χ4v) is 2.56. The number of benzene rings is 1. The minimum atomic E-state index is -0.337. The maximum Gasteiger partial charge on any atom is 0.127 e. The van der Waals surface area contributed by atoms with Crippen molar-refractivity contribution in [1.82, 2.24) is 4.90 Å². The van der Waals surface area contributed by atoms with Crippen molar-refractivity contribution >= 4 is 0 Å². The molecule has 106 valence electrons. The average Bonchev–Trinajstić information content (AvgIpc) is 2.47. The molecule has 0 aliphatic carbocycles. The zero-order valence-electron chi connectivity index (χ0n) is 11.8. The van der Waals surface area contributed by atoms with Gasteiger partial charge in [0, 0.05) is 24.7 Å². The molecule has 1 aliphatic rings. The van der Waals surface area contributed by atoms with Crippen molar-refractivity contribution in [2.75, 3.05) is 47.6 Å². The predicted molar refractivity (Wildman–Crippen MR) is 73.7 cm³/mol. The van der Waals surface area contributed by atoms with Gasteiger partial charge in [-0.3, -0.25) is 4.90 Å². The number of rotatable bonds is 4. The van der Waals surface area contributed by atoms with E-state index in [1.54, 1.807) is 14.2 Å². The minimum absolute atomic E-state index is 0.337. The zero-order valence-corrected chi connectivity index (χ0v) is 11.8. The van der Waals surface area contributed by atoms with Crippen LogP contribution in [0.5, 0.6) is 11.5 Å². The third-order valence-corrected chi connectivity index (χ3v) is 3.89. The molecule has 0 saturated carbocycles. The van der Waals surface area contributed by atoms with E-state index in [4.69, 9.17) is 19.9 Å². The van der Waals surface area contributed by atoms with Crippen molar-refractivity contribution in [3.05, 3.63) is 23.8 Å². The van der Waals surface area contributed by atoms with Crippen LogP contribution in [0.25, 0.3) is 0 Å². The molecule has 2 N–H and O–H groups in total. The lowest BCUT2D eigenvalue weighted by Crippen LogP contribution is -2.56. The van der Waals surface area contributed by atoms with E-state index >= 15 is 0 Å². The molecule has 1 aliphatic heterocycles. The number of morpholine rings is 1. The summed E-state index contributed by atoms with van der Waals surface area (Å²) < 4.78 is 16.4. The molecule has 19 heavy (non-hydrogen) atoms. The minimum Gasteiger partial charge on any atom is -0.497 e. The van der Waals surface area contributed by atoms with Crippen LogP contribution in [0.4, 0.5) is 0 Å². The van der Waals surface area contributed by atoms with Gasteiger partial charge in [0.15, 0.2) is 0 Å². The molecule has 0 spiro atoms. The summed E-state index contributed by atoms with van der Waals surface area (Å²) in [7, 11) is 5.37. The van der Waals surface area contributed by atoms with E-state index in [2.05, 4.69) is 11.9 Å². The highest BCUT2D eigenvalue weighted by Crippen LogP contribution is 2.37. The topological polar surface area (TPSA) is 57.0 Å². The maximum atomic E-state index is 6.05. The second-order valence-corrected chi connectivity index (χ2v) is 4.78. The van der Waals surface area contributed by atoms with Gasteiger partial charge in [-0.25, -0.2) is 0 Å². The molecular formula is C14H22N2O3. The third-order valence-electron chi connectivity index (χ3n) is 3.89. The Hall–Kier alpha value is -1.30. The van der Waals surface area contributed by atoms with Gasteiger partial charge < -0.3 is 19.9 Å². The van der Waals surface area contributed by atoms with Crippen LogP contribution in [0.15, 0.2) is 18.2 Å². The largest absolute Gasteiger partial charge is 0.497 e. The second-order valence-electron chi connectivity index (χ2n) is 4.78. The van der Waals surface area contributed by atoms with Crippen molar-refractivity contribution in [3.8, 4) is 11.5 Å². The van der Waals surface area contributed by atoms with Crippen molar-refractivity contribution in [1.29, 1.82) is 0 Å². The van der Waals surface area contributed by atoms with Gasteiger partial charge >= 0.3 is 0 Å². The monoisotopic (exact) mass is 266 g/mol. The van der Waals surface area contributed by atoms with E-state index in [1.165, 1.54) is 0 Å². The van der Waals surface area contributed by atoms with Gasteiger partial charge in [0.2, 0.25) is 0 Å². The van der Waals surface area contributed by atoms with E-state index in [0.29, 0.717) is 13.2 Å². The molecule has 5 nitrogen and oxygen atoms in total. The first-order valence-electron chi connectivity index (χ1n) is 6.39. The van der Waals surface area contributed by atoms with Crippen molar-refractivity contribution in [2.24, 2.45) is 5.73 Å². The van der Waals surface area contributed by atoms with E-state index in [0.717, 1.165) is 30.2 Å². The van der Waals surface area contributed by atoms with Gasteiger partial charge in [-0.05, 0) is 19.2 Å². The molecule has 1 saturated heterocycles. The lowest BCUT2D eigenvalue weighted by Gasteiger charge is -2.45. The van der Waals surface area contributed by atoms with Crippen LogP contribution in [0.2, 0.25) is 0 Å². The Balaban J connectivity index is 2.47. The second kappa shape index (κ2) is 5.77. The predicted octanol–water partition coefficient (Wildman–Crippen LogP) is 0.820. The Labute approximate surface area is 114 Å². The highest BCUT2D eigenvalue weighted by Gasteiger charge is 2.40. The highest BCUT2D eigenvalue weighted by atomic mass is 16.5. The Bertz CT molecular complexity index is 439. The highest BCUT2D eigenvalue weighted by molar-refractivity contribution is 5.45. The summed E-state index contributed by atoms with van der Waals surface area (Å²) in [6, 6.07) is 5.82. The number of nitrogens with two attached hydrogens (primary N) is 1. The molecule has 2 rings (SSSR count). The Kier molecular flexibility index (Phi) is 4.29. The molecule has 0 amide bonds. The van der Waals surface area contributed by atoms with Gasteiger partial charge in [-0.1, -0.05) is 0 Å². The lowest BCUT2D eigenvalue weighted by molar-refractivity contribution is -0.0558. The maximum absolute atomic E-state index is 6.05. The molecular weight excluding hydrogens is 244 g/mol. The first-order chi connectivity index (χ1) is 9.17. The van der Waals surface area contributed by atoms with Gasteiger partial charge in [0.05, 0.1) is 33.0 Å². The van der Waals surface area contributed by atoms with Crippen LogP contribution >= 0.6 is 0 Å². The van der Waals surface area contributed by atoms with Gasteiger partial charge in [-0.2, -0.15) is 0 Å².